The zero-order chi connectivity index (χ0) is 19.6. The zero-order valence-electron chi connectivity index (χ0n) is 14.9. The molecule has 2 aromatic carbocycles. The van der Waals surface area contributed by atoms with Crippen molar-refractivity contribution >= 4 is 29.4 Å². The highest BCUT2D eigenvalue weighted by Crippen LogP contribution is 2.22. The van der Waals surface area contributed by atoms with Crippen LogP contribution in [-0.2, 0) is 9.53 Å². The van der Waals surface area contributed by atoms with Crippen molar-refractivity contribution in [3.05, 3.63) is 65.2 Å². The lowest BCUT2D eigenvalue weighted by Crippen LogP contribution is -2.37. The summed E-state index contributed by atoms with van der Waals surface area (Å²) in [4.78, 5) is 49.8. The molecule has 138 valence electrons. The lowest BCUT2D eigenvalue weighted by Gasteiger charge is -2.14. The summed E-state index contributed by atoms with van der Waals surface area (Å²) in [7, 11) is 0. The maximum absolute atomic E-state index is 12.3. The smallest absolute Gasteiger partial charge is 0.338 e. The molecule has 0 atom stereocenters. The molecule has 1 N–H and O–H groups in total. The maximum atomic E-state index is 12.3. The molecule has 0 unspecified atom stereocenters. The van der Waals surface area contributed by atoms with E-state index >= 15 is 0 Å². The molecule has 0 aromatic heterocycles. The van der Waals surface area contributed by atoms with Crippen molar-refractivity contribution in [1.29, 1.82) is 0 Å². The second kappa shape index (κ2) is 7.41. The fourth-order valence-electron chi connectivity index (χ4n) is 2.73. The largest absolute Gasteiger partial charge is 0.459 e. The van der Waals surface area contributed by atoms with E-state index in [0.717, 1.165) is 4.90 Å². The van der Waals surface area contributed by atoms with Crippen LogP contribution < -0.4 is 5.32 Å². The number of nitrogens with one attached hydrogen (secondary N) is 1. The molecule has 2 aromatic rings. The van der Waals surface area contributed by atoms with Crippen LogP contribution in [0.2, 0.25) is 0 Å². The molecule has 3 amide bonds. The van der Waals surface area contributed by atoms with Crippen molar-refractivity contribution in [2.24, 2.45) is 0 Å². The molecule has 3 rings (SSSR count). The highest BCUT2D eigenvalue weighted by molar-refractivity contribution is 6.22. The fourth-order valence-corrected chi connectivity index (χ4v) is 2.73. The highest BCUT2D eigenvalue weighted by atomic mass is 16.5. The van der Waals surface area contributed by atoms with Gasteiger partial charge >= 0.3 is 5.97 Å². The standard InChI is InChI=1S/C20H18N2O5/c1-12(2)27-20(26)13-6-5-7-14(10-13)21-17(23)11-22-18(24)15-8-3-4-9-16(15)19(22)25/h3-10,12H,11H2,1-2H3,(H,21,23). The van der Waals surface area contributed by atoms with E-state index in [1.165, 1.54) is 6.07 Å². The van der Waals surface area contributed by atoms with E-state index in [1.54, 1.807) is 56.3 Å². The Morgan fingerprint density at radius 1 is 1.00 bits per heavy atom. The third kappa shape index (κ3) is 3.87. The average Bonchev–Trinajstić information content (AvgIpc) is 2.87. The fraction of sp³-hybridized carbons (Fsp3) is 0.200. The van der Waals surface area contributed by atoms with Gasteiger partial charge in [0.1, 0.15) is 6.54 Å². The second-order valence-corrected chi connectivity index (χ2v) is 6.33. The van der Waals surface area contributed by atoms with Crippen molar-refractivity contribution in [2.45, 2.75) is 20.0 Å². The van der Waals surface area contributed by atoms with Gasteiger partial charge in [-0.25, -0.2) is 4.79 Å². The molecular weight excluding hydrogens is 348 g/mol. The summed E-state index contributed by atoms with van der Waals surface area (Å²) in [5, 5.41) is 2.59. The average molecular weight is 366 g/mol. The Labute approximate surface area is 155 Å². The van der Waals surface area contributed by atoms with Crippen molar-refractivity contribution in [2.75, 3.05) is 11.9 Å². The molecule has 0 spiro atoms. The maximum Gasteiger partial charge on any atom is 0.338 e. The number of carbonyl (C=O) groups excluding carboxylic acids is 4. The first-order chi connectivity index (χ1) is 12.9. The minimum atomic E-state index is -0.543. The van der Waals surface area contributed by atoms with E-state index in [0.29, 0.717) is 11.3 Å². The second-order valence-electron chi connectivity index (χ2n) is 6.33. The Hall–Kier alpha value is -3.48. The molecule has 0 fully saturated rings. The number of esters is 1. The van der Waals surface area contributed by atoms with E-state index < -0.39 is 30.2 Å². The van der Waals surface area contributed by atoms with Crippen LogP contribution in [0.3, 0.4) is 0 Å². The minimum absolute atomic E-state index is 0.260. The van der Waals surface area contributed by atoms with Crippen LogP contribution in [0, 0.1) is 0 Å². The normalized spacial score (nSPS) is 12.9. The van der Waals surface area contributed by atoms with Gasteiger partial charge in [0, 0.05) is 5.69 Å². The van der Waals surface area contributed by atoms with Crippen molar-refractivity contribution in [3.63, 3.8) is 0 Å². The van der Waals surface area contributed by atoms with Gasteiger partial charge in [0.25, 0.3) is 11.8 Å². The van der Waals surface area contributed by atoms with Gasteiger partial charge in [0.15, 0.2) is 0 Å². The molecule has 0 aliphatic carbocycles. The summed E-state index contributed by atoms with van der Waals surface area (Å²) in [5.74, 6) is -2.04. The minimum Gasteiger partial charge on any atom is -0.459 e. The molecule has 0 bridgehead atoms. The number of hydrogen-bond acceptors (Lipinski definition) is 5. The van der Waals surface area contributed by atoms with E-state index in [2.05, 4.69) is 5.32 Å². The summed E-state index contributed by atoms with van der Waals surface area (Å²) in [6.07, 6.45) is -0.260. The van der Waals surface area contributed by atoms with Crippen LogP contribution in [0.25, 0.3) is 0 Å². The molecule has 0 saturated heterocycles. The van der Waals surface area contributed by atoms with Crippen LogP contribution in [0.1, 0.15) is 44.9 Å². The number of benzene rings is 2. The number of ether oxygens (including phenoxy) is 1. The van der Waals surface area contributed by atoms with E-state index in [9.17, 15) is 19.2 Å². The Morgan fingerprint density at radius 3 is 2.22 bits per heavy atom. The Bertz CT molecular complexity index is 900. The van der Waals surface area contributed by atoms with Crippen LogP contribution in [0.15, 0.2) is 48.5 Å². The van der Waals surface area contributed by atoms with Gasteiger partial charge in [0.2, 0.25) is 5.91 Å². The number of nitrogens with zero attached hydrogens (tertiary/aromatic N) is 1. The van der Waals surface area contributed by atoms with E-state index in [4.69, 9.17) is 4.74 Å². The molecule has 1 aliphatic heterocycles. The summed E-state index contributed by atoms with van der Waals surface area (Å²) in [6, 6.07) is 12.7. The number of imide groups is 1. The van der Waals surface area contributed by atoms with Gasteiger partial charge in [-0.3, -0.25) is 19.3 Å². The van der Waals surface area contributed by atoms with Crippen molar-refractivity contribution in [1.82, 2.24) is 4.90 Å². The Balaban J connectivity index is 1.68. The number of fused-ring (bicyclic) bond motifs is 1. The molecule has 7 heteroatoms. The van der Waals surface area contributed by atoms with Crippen LogP contribution in [0.5, 0.6) is 0 Å². The van der Waals surface area contributed by atoms with Gasteiger partial charge in [-0.05, 0) is 44.2 Å². The molecule has 0 radical (unpaired) electrons. The first-order valence-corrected chi connectivity index (χ1v) is 8.43. The van der Waals surface area contributed by atoms with Crippen LogP contribution in [0.4, 0.5) is 5.69 Å². The number of hydrogen-bond donors (Lipinski definition) is 1. The first-order valence-electron chi connectivity index (χ1n) is 8.43. The molecular formula is C20H18N2O5. The van der Waals surface area contributed by atoms with Crippen molar-refractivity contribution < 1.29 is 23.9 Å². The molecule has 27 heavy (non-hydrogen) atoms. The summed E-state index contributed by atoms with van der Waals surface area (Å²) >= 11 is 0. The Morgan fingerprint density at radius 2 is 1.63 bits per heavy atom. The van der Waals surface area contributed by atoms with Crippen LogP contribution in [-0.4, -0.2) is 41.2 Å². The zero-order valence-corrected chi connectivity index (χ0v) is 14.9. The van der Waals surface area contributed by atoms with Gasteiger partial charge in [-0.15, -0.1) is 0 Å². The number of anilines is 1. The first kappa shape index (κ1) is 18.3. The van der Waals surface area contributed by atoms with Gasteiger partial charge in [0.05, 0.1) is 22.8 Å². The van der Waals surface area contributed by atoms with Gasteiger partial charge in [-0.2, -0.15) is 0 Å². The molecule has 7 nitrogen and oxygen atoms in total. The quantitative estimate of drug-likeness (QED) is 0.648. The van der Waals surface area contributed by atoms with E-state index in [-0.39, 0.29) is 17.2 Å². The van der Waals surface area contributed by atoms with E-state index in [1.807, 2.05) is 0 Å². The highest BCUT2D eigenvalue weighted by Gasteiger charge is 2.36. The molecule has 1 aliphatic rings. The lowest BCUT2D eigenvalue weighted by molar-refractivity contribution is -0.116. The monoisotopic (exact) mass is 366 g/mol. The van der Waals surface area contributed by atoms with Crippen LogP contribution >= 0.6 is 0 Å². The molecule has 1 heterocycles. The number of carbonyl (C=O) groups is 4. The number of rotatable bonds is 5. The topological polar surface area (TPSA) is 92.8 Å². The SMILES string of the molecule is CC(C)OC(=O)c1cccc(NC(=O)CN2C(=O)c3ccccc3C2=O)c1. The summed E-state index contributed by atoms with van der Waals surface area (Å²) < 4.78 is 5.12. The summed E-state index contributed by atoms with van der Waals surface area (Å²) in [5.41, 5.74) is 1.24. The van der Waals surface area contributed by atoms with Gasteiger partial charge in [-0.1, -0.05) is 18.2 Å². The summed E-state index contributed by atoms with van der Waals surface area (Å²) in [6.45, 7) is 3.07. The predicted molar refractivity (Wildman–Crippen MR) is 97.4 cm³/mol. The van der Waals surface area contributed by atoms with Gasteiger partial charge < -0.3 is 10.1 Å². The number of amides is 3. The third-order valence-corrected chi connectivity index (χ3v) is 3.90. The van der Waals surface area contributed by atoms with Crippen molar-refractivity contribution in [3.8, 4) is 0 Å². The lowest BCUT2D eigenvalue weighted by atomic mass is 10.1. The third-order valence-electron chi connectivity index (χ3n) is 3.90. The predicted octanol–water partition coefficient (Wildman–Crippen LogP) is 2.49. The Kier molecular flexibility index (Phi) is 5.03. The molecule has 0 saturated carbocycles.